The fraction of sp³-hybridized carbons (Fsp3) is 0.900. The molecular formula is C20H32BN3O8. The van der Waals surface area contributed by atoms with Crippen LogP contribution in [0.2, 0.25) is 0 Å². The highest BCUT2D eigenvalue weighted by Gasteiger charge is 3.07. The number of likely N-dealkylation sites (tertiary alicyclic amines) is 2. The van der Waals surface area contributed by atoms with Crippen molar-refractivity contribution in [2.75, 3.05) is 32.8 Å². The molecule has 2 atom stereocenters. The fourth-order valence-electron chi connectivity index (χ4n) is 6.98. The Labute approximate surface area is 186 Å². The summed E-state index contributed by atoms with van der Waals surface area (Å²) in [7, 11) is 0. The van der Waals surface area contributed by atoms with Crippen molar-refractivity contribution >= 4 is 18.5 Å². The number of piperidine rings is 1. The SMILES string of the molecule is CCOC(=O)N1CCC2(CC(N3CCC(C(=O)B4C5(N)C(O)(O)C(O)(O)C45O)CC3)C2)C1. The Bertz CT molecular complexity index is 815. The Morgan fingerprint density at radius 3 is 2.22 bits per heavy atom. The van der Waals surface area contributed by atoms with Gasteiger partial charge in [0.2, 0.25) is 11.6 Å². The van der Waals surface area contributed by atoms with Gasteiger partial charge in [0.15, 0.2) is 0 Å². The maximum absolute atomic E-state index is 13.0. The second-order valence-corrected chi connectivity index (χ2v) is 10.6. The molecular weight excluding hydrogens is 421 g/mol. The Kier molecular flexibility index (Phi) is 4.68. The topological polar surface area (TPSA) is 177 Å². The van der Waals surface area contributed by atoms with Gasteiger partial charge in [-0.1, -0.05) is 0 Å². The molecule has 1 spiro atoms. The van der Waals surface area contributed by atoms with Gasteiger partial charge in [-0.25, -0.2) is 4.79 Å². The summed E-state index contributed by atoms with van der Waals surface area (Å²) in [6, 6.07) is 0.403. The number of carbonyl (C=O) groups excluding carboxylic acids is 2. The molecule has 178 valence electrons. The molecule has 0 radical (unpaired) electrons. The third-order valence-electron chi connectivity index (χ3n) is 9.05. The molecule has 0 aromatic heterocycles. The molecule has 3 heterocycles. The van der Waals surface area contributed by atoms with E-state index in [-0.39, 0.29) is 11.5 Å². The van der Waals surface area contributed by atoms with E-state index in [1.54, 1.807) is 11.8 Å². The molecule has 32 heavy (non-hydrogen) atoms. The molecule has 2 aliphatic carbocycles. The van der Waals surface area contributed by atoms with Crippen molar-refractivity contribution in [2.24, 2.45) is 17.1 Å². The number of rotatable bonds is 4. The van der Waals surface area contributed by atoms with Crippen LogP contribution in [-0.4, -0.2) is 115 Å². The molecule has 3 saturated heterocycles. The van der Waals surface area contributed by atoms with Crippen LogP contribution in [0.5, 0.6) is 0 Å². The van der Waals surface area contributed by atoms with Gasteiger partial charge in [-0.05, 0) is 57.5 Å². The van der Waals surface area contributed by atoms with Gasteiger partial charge < -0.3 is 50.6 Å². The summed E-state index contributed by atoms with van der Waals surface area (Å²) in [5.74, 6) is -6.82. The summed E-state index contributed by atoms with van der Waals surface area (Å²) < 4.78 is 5.10. The zero-order chi connectivity index (χ0) is 23.3. The predicted octanol–water partition coefficient (Wildman–Crippen LogP) is -2.79. The van der Waals surface area contributed by atoms with Crippen LogP contribution in [0, 0.1) is 11.3 Å². The number of nitrogens with two attached hydrogens (primary N) is 1. The molecule has 0 bridgehead atoms. The molecule has 5 rings (SSSR count). The summed E-state index contributed by atoms with van der Waals surface area (Å²) in [6.07, 6.45) is 3.81. The van der Waals surface area contributed by atoms with Crippen molar-refractivity contribution in [3.63, 3.8) is 0 Å². The smallest absolute Gasteiger partial charge is 0.409 e. The van der Waals surface area contributed by atoms with Gasteiger partial charge in [0.1, 0.15) is 11.2 Å². The molecule has 0 aromatic rings. The van der Waals surface area contributed by atoms with Crippen LogP contribution in [0.4, 0.5) is 4.79 Å². The molecule has 5 fully saturated rings. The van der Waals surface area contributed by atoms with E-state index in [4.69, 9.17) is 10.5 Å². The van der Waals surface area contributed by atoms with Crippen molar-refractivity contribution in [3.05, 3.63) is 0 Å². The molecule has 3 aliphatic heterocycles. The van der Waals surface area contributed by atoms with E-state index in [1.165, 1.54) is 0 Å². The molecule has 0 aromatic carbocycles. The number of carbonyl (C=O) groups is 2. The minimum atomic E-state index is -3.24. The lowest BCUT2D eigenvalue weighted by Gasteiger charge is -2.53. The van der Waals surface area contributed by atoms with Gasteiger partial charge in [-0.2, -0.15) is 0 Å². The third kappa shape index (κ3) is 2.46. The van der Waals surface area contributed by atoms with Gasteiger partial charge in [-0.15, -0.1) is 0 Å². The molecule has 2 unspecified atom stereocenters. The zero-order valence-corrected chi connectivity index (χ0v) is 18.2. The zero-order valence-electron chi connectivity index (χ0n) is 18.2. The standard InChI is InChI=1S/C20H32BN3O8/c1-2-32-15(26)24-8-5-16(11-24)9-13(10-16)23-6-3-12(4-7-23)14(25)21-17(22)18(21,27)20(30,31)19(17,28)29/h12-13,27-31H,2-11,22H2,1H3. The normalized spacial score (nSPS) is 37.6. The Hall–Kier alpha value is -1.28. The van der Waals surface area contributed by atoms with Crippen molar-refractivity contribution in [2.45, 2.75) is 67.6 Å². The van der Waals surface area contributed by atoms with E-state index in [2.05, 4.69) is 4.90 Å². The summed E-state index contributed by atoms with van der Waals surface area (Å²) in [5.41, 5.74) is 0.931. The van der Waals surface area contributed by atoms with Crippen LogP contribution in [0.3, 0.4) is 0 Å². The van der Waals surface area contributed by atoms with E-state index in [1.807, 2.05) is 0 Å². The van der Waals surface area contributed by atoms with Crippen LogP contribution in [0.25, 0.3) is 0 Å². The van der Waals surface area contributed by atoms with E-state index in [0.717, 1.165) is 32.4 Å². The quantitative estimate of drug-likeness (QED) is 0.193. The van der Waals surface area contributed by atoms with E-state index >= 15 is 0 Å². The maximum atomic E-state index is 13.0. The minimum absolute atomic E-state index is 0.156. The van der Waals surface area contributed by atoms with Gasteiger partial charge in [-0.3, -0.25) is 0 Å². The Balaban J connectivity index is 1.13. The van der Waals surface area contributed by atoms with Crippen LogP contribution in [-0.2, 0) is 9.53 Å². The molecule has 1 amide bonds. The maximum Gasteiger partial charge on any atom is 0.409 e. The lowest BCUT2D eigenvalue weighted by Crippen LogP contribution is -2.84. The van der Waals surface area contributed by atoms with Crippen LogP contribution < -0.4 is 5.73 Å². The van der Waals surface area contributed by atoms with Crippen molar-refractivity contribution in [3.8, 4) is 0 Å². The molecule has 5 aliphatic rings. The van der Waals surface area contributed by atoms with Gasteiger partial charge in [0.25, 0.3) is 6.71 Å². The van der Waals surface area contributed by atoms with Gasteiger partial charge >= 0.3 is 6.09 Å². The molecule has 12 heteroatoms. The lowest BCUT2D eigenvalue weighted by atomic mass is 9.54. The number of fused-ring (bicyclic) bond motifs is 1. The highest BCUT2D eigenvalue weighted by molar-refractivity contribution is 7.05. The first-order valence-electron chi connectivity index (χ1n) is 11.5. The second-order valence-electron chi connectivity index (χ2n) is 10.6. The molecule has 2 saturated carbocycles. The van der Waals surface area contributed by atoms with E-state index in [9.17, 15) is 35.1 Å². The third-order valence-corrected chi connectivity index (χ3v) is 9.05. The fourth-order valence-corrected chi connectivity index (χ4v) is 6.98. The summed E-state index contributed by atoms with van der Waals surface area (Å²) in [6.45, 7) is 3.58. The Morgan fingerprint density at radius 2 is 1.69 bits per heavy atom. The van der Waals surface area contributed by atoms with Crippen LogP contribution in [0.15, 0.2) is 0 Å². The van der Waals surface area contributed by atoms with E-state index < -0.39 is 40.8 Å². The van der Waals surface area contributed by atoms with Gasteiger partial charge in [0, 0.05) is 25.0 Å². The first-order valence-corrected chi connectivity index (χ1v) is 11.5. The van der Waals surface area contributed by atoms with Crippen LogP contribution in [0.1, 0.15) is 39.0 Å². The van der Waals surface area contributed by atoms with Gasteiger partial charge in [0.05, 0.1) is 12.0 Å². The monoisotopic (exact) mass is 453 g/mol. The minimum Gasteiger partial charge on any atom is -0.450 e. The number of hydrogen-bond acceptors (Lipinski definition) is 10. The molecule has 11 nitrogen and oxygen atoms in total. The highest BCUT2D eigenvalue weighted by Crippen LogP contribution is 2.69. The second kappa shape index (κ2) is 6.65. The summed E-state index contributed by atoms with van der Waals surface area (Å²) >= 11 is 0. The van der Waals surface area contributed by atoms with Crippen molar-refractivity contribution in [1.82, 2.24) is 9.80 Å². The predicted molar refractivity (Wildman–Crippen MR) is 110 cm³/mol. The van der Waals surface area contributed by atoms with Crippen LogP contribution >= 0.6 is 0 Å². The first kappa shape index (κ1) is 22.5. The average Bonchev–Trinajstić information content (AvgIpc) is 3.01. The number of ether oxygens (including phenoxy) is 1. The molecule has 7 N–H and O–H groups in total. The largest absolute Gasteiger partial charge is 0.450 e. The van der Waals surface area contributed by atoms with Crippen molar-refractivity contribution < 1.29 is 39.9 Å². The number of aliphatic hydroxyl groups is 5. The van der Waals surface area contributed by atoms with Crippen molar-refractivity contribution in [1.29, 1.82) is 0 Å². The number of amides is 1. The first-order chi connectivity index (χ1) is 14.9. The number of hydrogen-bond donors (Lipinski definition) is 6. The summed E-state index contributed by atoms with van der Waals surface area (Å²) in [5, 5.41) is 50.0. The number of nitrogens with zero attached hydrogens (tertiary/aromatic N) is 2. The Morgan fingerprint density at radius 1 is 1.06 bits per heavy atom. The average molecular weight is 453 g/mol. The lowest BCUT2D eigenvalue weighted by molar-refractivity contribution is -0.455. The highest BCUT2D eigenvalue weighted by atomic mass is 16.6. The van der Waals surface area contributed by atoms with E-state index in [0.29, 0.717) is 38.6 Å². The summed E-state index contributed by atoms with van der Waals surface area (Å²) in [4.78, 5) is 29.1.